The van der Waals surface area contributed by atoms with Crippen LogP contribution in [0.25, 0.3) is 0 Å². The Hall–Kier alpha value is -1.56. The molecule has 1 aromatic heterocycles. The molecule has 1 N–H and O–H groups in total. The van der Waals surface area contributed by atoms with E-state index < -0.39 is 6.04 Å². The van der Waals surface area contributed by atoms with Crippen LogP contribution >= 0.6 is 11.6 Å². The number of nitrogens with zero attached hydrogens (tertiary/aromatic N) is 3. The fourth-order valence-electron chi connectivity index (χ4n) is 1.71. The molecule has 0 saturated heterocycles. The molecule has 106 valence electrons. The summed E-state index contributed by atoms with van der Waals surface area (Å²) >= 11 is 5.90. The number of hydrogen-bond donors (Lipinski definition) is 1. The van der Waals surface area contributed by atoms with E-state index in [1.54, 1.807) is 11.8 Å². The summed E-state index contributed by atoms with van der Waals surface area (Å²) in [7, 11) is 1.48. The third kappa shape index (κ3) is 3.70. The Morgan fingerprint density at radius 2 is 2.11 bits per heavy atom. The summed E-state index contributed by atoms with van der Waals surface area (Å²) in [4.78, 5) is 21.7. The third-order valence-corrected chi connectivity index (χ3v) is 3.03. The minimum absolute atomic E-state index is 0.00166. The van der Waals surface area contributed by atoms with Crippen molar-refractivity contribution in [3.05, 3.63) is 11.5 Å². The van der Waals surface area contributed by atoms with E-state index >= 15 is 0 Å². The second-order valence-corrected chi connectivity index (χ2v) is 4.28. The average Bonchev–Trinajstić information content (AvgIpc) is 2.40. The Balaban J connectivity index is 2.85. The first-order valence-corrected chi connectivity index (χ1v) is 6.52. The molecule has 1 amide bonds. The number of methoxy groups -OCH3 is 1. The lowest BCUT2D eigenvalue weighted by molar-refractivity contribution is -0.131. The monoisotopic (exact) mass is 286 g/mol. The van der Waals surface area contributed by atoms with Gasteiger partial charge in [0.1, 0.15) is 12.4 Å². The van der Waals surface area contributed by atoms with Crippen LogP contribution in [0.4, 0.5) is 5.82 Å². The predicted molar refractivity (Wildman–Crippen MR) is 74.6 cm³/mol. The molecule has 0 saturated carbocycles. The van der Waals surface area contributed by atoms with Crippen molar-refractivity contribution in [2.24, 2.45) is 0 Å². The van der Waals surface area contributed by atoms with Crippen molar-refractivity contribution in [1.29, 1.82) is 0 Å². The van der Waals surface area contributed by atoms with E-state index in [0.29, 0.717) is 24.7 Å². The topological polar surface area (TPSA) is 67.4 Å². The van der Waals surface area contributed by atoms with E-state index in [2.05, 4.69) is 15.3 Å². The predicted octanol–water partition coefficient (Wildman–Crippen LogP) is 1.81. The standard InChI is InChI=1S/C12H19ClN4O2/c1-5-17(6-2)12(18)8(3)16-11-9(19-4)10(13)14-7-15-11/h7-8H,5-6H2,1-4H3,(H,14,15,16). The van der Waals surface area contributed by atoms with E-state index in [4.69, 9.17) is 16.3 Å². The first kappa shape index (κ1) is 15.5. The number of carbonyl (C=O) groups excluding carboxylic acids is 1. The van der Waals surface area contributed by atoms with Gasteiger partial charge < -0.3 is 15.0 Å². The molecule has 19 heavy (non-hydrogen) atoms. The molecular weight excluding hydrogens is 268 g/mol. The molecule has 1 atom stereocenters. The average molecular weight is 287 g/mol. The lowest BCUT2D eigenvalue weighted by Gasteiger charge is -2.24. The number of halogens is 1. The molecule has 0 radical (unpaired) electrons. The van der Waals surface area contributed by atoms with Crippen LogP contribution in [0.3, 0.4) is 0 Å². The lowest BCUT2D eigenvalue weighted by atomic mass is 10.2. The van der Waals surface area contributed by atoms with Crippen LogP contribution in [0.1, 0.15) is 20.8 Å². The molecule has 6 nitrogen and oxygen atoms in total. The minimum atomic E-state index is -0.417. The summed E-state index contributed by atoms with van der Waals surface area (Å²) in [6, 6.07) is -0.417. The van der Waals surface area contributed by atoms with E-state index in [9.17, 15) is 4.79 Å². The third-order valence-electron chi connectivity index (χ3n) is 2.76. The van der Waals surface area contributed by atoms with E-state index in [1.165, 1.54) is 13.4 Å². The second kappa shape index (κ2) is 7.13. The second-order valence-electron chi connectivity index (χ2n) is 3.92. The van der Waals surface area contributed by atoms with Gasteiger partial charge in [-0.25, -0.2) is 9.97 Å². The van der Waals surface area contributed by atoms with Gasteiger partial charge in [-0.05, 0) is 20.8 Å². The highest BCUT2D eigenvalue weighted by molar-refractivity contribution is 6.31. The summed E-state index contributed by atoms with van der Waals surface area (Å²) in [6.45, 7) is 6.99. The molecule has 1 aromatic rings. The van der Waals surface area contributed by atoms with Gasteiger partial charge in [-0.1, -0.05) is 11.6 Å². The molecule has 1 heterocycles. The molecule has 1 unspecified atom stereocenters. The van der Waals surface area contributed by atoms with Crippen LogP contribution in [0.5, 0.6) is 5.75 Å². The highest BCUT2D eigenvalue weighted by Crippen LogP contribution is 2.28. The molecule has 0 aliphatic heterocycles. The van der Waals surface area contributed by atoms with E-state index in [-0.39, 0.29) is 11.1 Å². The van der Waals surface area contributed by atoms with Crippen LogP contribution in [0, 0.1) is 0 Å². The summed E-state index contributed by atoms with van der Waals surface area (Å²) in [5.74, 6) is 0.751. The summed E-state index contributed by atoms with van der Waals surface area (Å²) < 4.78 is 5.13. The lowest BCUT2D eigenvalue weighted by Crippen LogP contribution is -2.41. The van der Waals surface area contributed by atoms with Gasteiger partial charge in [0.15, 0.2) is 16.7 Å². The Kier molecular flexibility index (Phi) is 5.82. The maximum Gasteiger partial charge on any atom is 0.244 e. The van der Waals surface area contributed by atoms with Crippen LogP contribution in [-0.4, -0.2) is 47.0 Å². The van der Waals surface area contributed by atoms with Gasteiger partial charge in [0.2, 0.25) is 5.91 Å². The largest absolute Gasteiger partial charge is 0.490 e. The van der Waals surface area contributed by atoms with Crippen LogP contribution < -0.4 is 10.1 Å². The number of ether oxygens (including phenoxy) is 1. The van der Waals surface area contributed by atoms with Crippen molar-refractivity contribution >= 4 is 23.3 Å². The molecule has 0 bridgehead atoms. The fourth-order valence-corrected chi connectivity index (χ4v) is 1.92. The summed E-state index contributed by atoms with van der Waals surface area (Å²) in [5, 5.41) is 3.21. The molecule has 0 aliphatic carbocycles. The van der Waals surface area contributed by atoms with Crippen molar-refractivity contribution in [3.63, 3.8) is 0 Å². The molecule has 1 rings (SSSR count). The van der Waals surface area contributed by atoms with Crippen molar-refractivity contribution < 1.29 is 9.53 Å². The smallest absolute Gasteiger partial charge is 0.244 e. The normalized spacial score (nSPS) is 11.8. The fraction of sp³-hybridized carbons (Fsp3) is 0.583. The van der Waals surface area contributed by atoms with Gasteiger partial charge in [0.05, 0.1) is 7.11 Å². The zero-order valence-corrected chi connectivity index (χ0v) is 12.4. The van der Waals surface area contributed by atoms with Gasteiger partial charge in [-0.3, -0.25) is 4.79 Å². The Morgan fingerprint density at radius 1 is 1.47 bits per heavy atom. The maximum atomic E-state index is 12.1. The molecule has 0 fully saturated rings. The number of aromatic nitrogens is 2. The van der Waals surface area contributed by atoms with Gasteiger partial charge in [-0.2, -0.15) is 0 Å². The highest BCUT2D eigenvalue weighted by Gasteiger charge is 2.20. The Morgan fingerprint density at radius 3 is 2.63 bits per heavy atom. The minimum Gasteiger partial charge on any atom is -0.490 e. The van der Waals surface area contributed by atoms with Crippen LogP contribution in [0.2, 0.25) is 5.15 Å². The number of hydrogen-bond acceptors (Lipinski definition) is 5. The zero-order valence-electron chi connectivity index (χ0n) is 11.6. The summed E-state index contributed by atoms with van der Waals surface area (Å²) in [5.41, 5.74) is 0. The van der Waals surface area contributed by atoms with E-state index in [0.717, 1.165) is 0 Å². The SMILES string of the molecule is CCN(CC)C(=O)C(C)Nc1ncnc(Cl)c1OC. The van der Waals surface area contributed by atoms with Gasteiger partial charge in [-0.15, -0.1) is 0 Å². The van der Waals surface area contributed by atoms with E-state index in [1.807, 2.05) is 13.8 Å². The van der Waals surface area contributed by atoms with Gasteiger partial charge >= 0.3 is 0 Å². The number of anilines is 1. The van der Waals surface area contributed by atoms with Crippen molar-refractivity contribution in [1.82, 2.24) is 14.9 Å². The first-order valence-electron chi connectivity index (χ1n) is 6.14. The molecular formula is C12H19ClN4O2. The number of amides is 1. The number of rotatable bonds is 6. The van der Waals surface area contributed by atoms with Crippen molar-refractivity contribution in [2.45, 2.75) is 26.8 Å². The zero-order chi connectivity index (χ0) is 14.4. The number of carbonyl (C=O) groups is 1. The maximum absolute atomic E-state index is 12.1. The Labute approximate surface area is 118 Å². The van der Waals surface area contributed by atoms with Crippen LogP contribution in [-0.2, 0) is 4.79 Å². The van der Waals surface area contributed by atoms with Crippen LogP contribution in [0.15, 0.2) is 6.33 Å². The Bertz CT molecular complexity index is 438. The molecule has 7 heteroatoms. The van der Waals surface area contributed by atoms with Crippen molar-refractivity contribution in [3.8, 4) is 5.75 Å². The first-order chi connectivity index (χ1) is 9.04. The summed E-state index contributed by atoms with van der Waals surface area (Å²) in [6.07, 6.45) is 1.32. The number of likely N-dealkylation sites (N-methyl/N-ethyl adjacent to an activating group) is 1. The molecule has 0 aromatic carbocycles. The quantitative estimate of drug-likeness (QED) is 0.808. The molecule has 0 aliphatic rings. The van der Waals surface area contributed by atoms with Crippen molar-refractivity contribution in [2.75, 3.05) is 25.5 Å². The van der Waals surface area contributed by atoms with Gasteiger partial charge in [0.25, 0.3) is 0 Å². The van der Waals surface area contributed by atoms with Gasteiger partial charge in [0, 0.05) is 13.1 Å². The number of nitrogens with one attached hydrogen (secondary N) is 1. The highest BCUT2D eigenvalue weighted by atomic mass is 35.5. The molecule has 0 spiro atoms.